The lowest BCUT2D eigenvalue weighted by molar-refractivity contribution is 0.452. The van der Waals surface area contributed by atoms with Crippen molar-refractivity contribution in [2.45, 2.75) is 31.7 Å². The minimum Gasteiger partial charge on any atom is -0.469 e. The van der Waals surface area contributed by atoms with Crippen molar-refractivity contribution in [1.82, 2.24) is 9.55 Å². The number of halogens is 2. The lowest BCUT2D eigenvalue weighted by Gasteiger charge is -2.16. The zero-order chi connectivity index (χ0) is 14.8. The van der Waals surface area contributed by atoms with Crippen LogP contribution < -0.4 is 0 Å². The smallest absolute Gasteiger partial charge is 0.125 e. The van der Waals surface area contributed by atoms with Gasteiger partial charge in [0.1, 0.15) is 11.6 Å². The Kier molecular flexibility index (Phi) is 4.36. The van der Waals surface area contributed by atoms with E-state index in [4.69, 9.17) is 16.0 Å². The van der Waals surface area contributed by atoms with Crippen molar-refractivity contribution in [3.8, 4) is 0 Å². The van der Waals surface area contributed by atoms with Crippen molar-refractivity contribution in [2.24, 2.45) is 0 Å². The van der Waals surface area contributed by atoms with Gasteiger partial charge in [-0.25, -0.2) is 4.98 Å². The van der Waals surface area contributed by atoms with Crippen molar-refractivity contribution >= 4 is 38.6 Å². The molecule has 0 aliphatic heterocycles. The summed E-state index contributed by atoms with van der Waals surface area (Å²) in [5.41, 5.74) is 2.10. The number of aromatic nitrogens is 2. The second kappa shape index (κ2) is 6.24. The fraction of sp³-hybridized carbons (Fsp3) is 0.312. The predicted octanol–water partition coefficient (Wildman–Crippen LogP) is 5.32. The zero-order valence-corrected chi connectivity index (χ0v) is 14.1. The van der Waals surface area contributed by atoms with E-state index in [1.807, 2.05) is 24.3 Å². The average Bonchev–Trinajstić information content (AvgIpc) is 3.11. The predicted molar refractivity (Wildman–Crippen MR) is 88.7 cm³/mol. The van der Waals surface area contributed by atoms with Crippen molar-refractivity contribution in [2.75, 3.05) is 0 Å². The molecule has 110 valence electrons. The molecule has 0 saturated heterocycles. The van der Waals surface area contributed by atoms with Crippen LogP contribution in [0.4, 0.5) is 0 Å². The summed E-state index contributed by atoms with van der Waals surface area (Å²) < 4.78 is 8.69. The van der Waals surface area contributed by atoms with E-state index in [1.165, 1.54) is 0 Å². The molecule has 21 heavy (non-hydrogen) atoms. The standard InChI is InChI=1S/C16H16BrClN2O/c1-11(4-6-13-3-2-8-21-13)20-15-9-12(17)5-7-14(15)19-16(20)10-18/h2-3,5,7-9,11H,4,6,10H2,1H3. The molecule has 1 atom stereocenters. The van der Waals surface area contributed by atoms with Gasteiger partial charge in [-0.2, -0.15) is 0 Å². The van der Waals surface area contributed by atoms with Gasteiger partial charge in [0, 0.05) is 16.9 Å². The first-order valence-electron chi connectivity index (χ1n) is 6.93. The van der Waals surface area contributed by atoms with Gasteiger partial charge in [-0.15, -0.1) is 11.6 Å². The zero-order valence-electron chi connectivity index (χ0n) is 11.7. The summed E-state index contributed by atoms with van der Waals surface area (Å²) in [4.78, 5) is 4.63. The Balaban J connectivity index is 1.91. The fourth-order valence-corrected chi connectivity index (χ4v) is 3.17. The summed E-state index contributed by atoms with van der Waals surface area (Å²) in [7, 11) is 0. The number of alkyl halides is 1. The topological polar surface area (TPSA) is 31.0 Å². The van der Waals surface area contributed by atoms with Crippen molar-refractivity contribution < 1.29 is 4.42 Å². The van der Waals surface area contributed by atoms with Gasteiger partial charge < -0.3 is 8.98 Å². The summed E-state index contributed by atoms with van der Waals surface area (Å²) in [5, 5.41) is 0. The Bertz CT molecular complexity index is 736. The summed E-state index contributed by atoms with van der Waals surface area (Å²) in [5.74, 6) is 2.34. The number of hydrogen-bond donors (Lipinski definition) is 0. The van der Waals surface area contributed by atoms with Crippen LogP contribution in [0.3, 0.4) is 0 Å². The highest BCUT2D eigenvalue weighted by Gasteiger charge is 2.16. The summed E-state index contributed by atoms with van der Waals surface area (Å²) in [6, 6.07) is 10.4. The van der Waals surface area contributed by atoms with E-state index in [9.17, 15) is 0 Å². The molecule has 1 unspecified atom stereocenters. The first-order valence-corrected chi connectivity index (χ1v) is 8.26. The number of imidazole rings is 1. The molecule has 0 N–H and O–H groups in total. The Labute approximate surface area is 137 Å². The Morgan fingerprint density at radius 2 is 2.24 bits per heavy atom. The van der Waals surface area contributed by atoms with Crippen LogP contribution in [0.25, 0.3) is 11.0 Å². The molecule has 0 bridgehead atoms. The highest BCUT2D eigenvalue weighted by Crippen LogP contribution is 2.27. The second-order valence-electron chi connectivity index (χ2n) is 5.13. The first kappa shape index (κ1) is 14.7. The molecule has 0 aliphatic carbocycles. The molecule has 0 fully saturated rings. The van der Waals surface area contributed by atoms with E-state index in [0.29, 0.717) is 11.9 Å². The molecule has 1 aromatic carbocycles. The van der Waals surface area contributed by atoms with Crippen LogP contribution in [-0.2, 0) is 12.3 Å². The molecule has 0 saturated carbocycles. The maximum absolute atomic E-state index is 6.07. The van der Waals surface area contributed by atoms with Crippen LogP contribution in [-0.4, -0.2) is 9.55 Å². The molecule has 3 rings (SSSR count). The van der Waals surface area contributed by atoms with E-state index < -0.39 is 0 Å². The van der Waals surface area contributed by atoms with Gasteiger partial charge in [-0.05, 0) is 43.7 Å². The summed E-state index contributed by atoms with van der Waals surface area (Å²) in [6.45, 7) is 2.20. The van der Waals surface area contributed by atoms with E-state index >= 15 is 0 Å². The third-order valence-electron chi connectivity index (χ3n) is 3.67. The minimum atomic E-state index is 0.308. The Morgan fingerprint density at radius 1 is 1.38 bits per heavy atom. The van der Waals surface area contributed by atoms with Crippen LogP contribution >= 0.6 is 27.5 Å². The Morgan fingerprint density at radius 3 is 2.95 bits per heavy atom. The molecule has 2 heterocycles. The van der Waals surface area contributed by atoms with Gasteiger partial charge in [0.2, 0.25) is 0 Å². The number of nitrogens with zero attached hydrogens (tertiary/aromatic N) is 2. The largest absolute Gasteiger partial charge is 0.469 e. The molecular formula is C16H16BrClN2O. The maximum Gasteiger partial charge on any atom is 0.125 e. The molecular weight excluding hydrogens is 352 g/mol. The van der Waals surface area contributed by atoms with Crippen LogP contribution in [0.1, 0.15) is 31.0 Å². The molecule has 0 amide bonds. The first-order chi connectivity index (χ1) is 10.2. The number of benzene rings is 1. The molecule has 3 nitrogen and oxygen atoms in total. The second-order valence-corrected chi connectivity index (χ2v) is 6.31. The highest BCUT2D eigenvalue weighted by molar-refractivity contribution is 9.10. The maximum atomic E-state index is 6.07. The third-order valence-corrected chi connectivity index (χ3v) is 4.41. The van der Waals surface area contributed by atoms with Gasteiger partial charge in [0.15, 0.2) is 0 Å². The lowest BCUT2D eigenvalue weighted by Crippen LogP contribution is -2.09. The molecule has 0 radical (unpaired) electrons. The minimum absolute atomic E-state index is 0.308. The van der Waals surface area contributed by atoms with Gasteiger partial charge in [-0.1, -0.05) is 15.9 Å². The SMILES string of the molecule is CC(CCc1ccco1)n1c(CCl)nc2ccc(Br)cc21. The highest BCUT2D eigenvalue weighted by atomic mass is 79.9. The normalized spacial score (nSPS) is 12.9. The van der Waals surface area contributed by atoms with E-state index in [1.54, 1.807) is 6.26 Å². The van der Waals surface area contributed by atoms with Crippen LogP contribution in [0.15, 0.2) is 45.5 Å². The third kappa shape index (κ3) is 3.01. The number of hydrogen-bond acceptors (Lipinski definition) is 2. The van der Waals surface area contributed by atoms with Crippen LogP contribution in [0, 0.1) is 0 Å². The van der Waals surface area contributed by atoms with Crippen molar-refractivity contribution in [3.63, 3.8) is 0 Å². The van der Waals surface area contributed by atoms with Gasteiger partial charge in [0.05, 0.1) is 23.2 Å². The van der Waals surface area contributed by atoms with Gasteiger partial charge in [-0.3, -0.25) is 0 Å². The molecule has 0 aliphatic rings. The average molecular weight is 368 g/mol. The molecule has 5 heteroatoms. The molecule has 0 spiro atoms. The Hall–Kier alpha value is -1.26. The summed E-state index contributed by atoms with van der Waals surface area (Å²) >= 11 is 9.60. The molecule has 2 aromatic heterocycles. The van der Waals surface area contributed by atoms with Gasteiger partial charge in [0.25, 0.3) is 0 Å². The molecule has 3 aromatic rings. The number of aryl methyl sites for hydroxylation is 1. The summed E-state index contributed by atoms with van der Waals surface area (Å²) in [6.07, 6.45) is 3.60. The van der Waals surface area contributed by atoms with E-state index in [2.05, 4.69) is 38.5 Å². The van der Waals surface area contributed by atoms with E-state index in [0.717, 1.165) is 39.9 Å². The van der Waals surface area contributed by atoms with Crippen LogP contribution in [0.5, 0.6) is 0 Å². The van der Waals surface area contributed by atoms with Crippen LogP contribution in [0.2, 0.25) is 0 Å². The monoisotopic (exact) mass is 366 g/mol. The van der Waals surface area contributed by atoms with Gasteiger partial charge >= 0.3 is 0 Å². The quantitative estimate of drug-likeness (QED) is 0.571. The number of rotatable bonds is 5. The lowest BCUT2D eigenvalue weighted by atomic mass is 10.1. The van der Waals surface area contributed by atoms with Crippen molar-refractivity contribution in [3.05, 3.63) is 52.7 Å². The van der Waals surface area contributed by atoms with Crippen molar-refractivity contribution in [1.29, 1.82) is 0 Å². The fourth-order valence-electron chi connectivity index (χ4n) is 2.64. The number of furan rings is 1. The van der Waals surface area contributed by atoms with E-state index in [-0.39, 0.29) is 0 Å². The number of fused-ring (bicyclic) bond motifs is 1.